The zero-order valence-corrected chi connectivity index (χ0v) is 10.8. The van der Waals surface area contributed by atoms with Gasteiger partial charge < -0.3 is 9.84 Å². The van der Waals surface area contributed by atoms with Gasteiger partial charge in [0.2, 0.25) is 0 Å². The van der Waals surface area contributed by atoms with Crippen LogP contribution in [0.4, 0.5) is 0 Å². The minimum atomic E-state index is -0.906. The Hall–Kier alpha value is -1.77. The van der Waals surface area contributed by atoms with Gasteiger partial charge in [-0.3, -0.25) is 0 Å². The fourth-order valence-electron chi connectivity index (χ4n) is 1.72. The molecule has 1 rings (SSSR count). The molecule has 0 aromatic heterocycles. The predicted octanol–water partition coefficient (Wildman–Crippen LogP) is 3.44. The fraction of sp³-hybridized carbons (Fsp3) is 0.400. The normalized spacial score (nSPS) is 11.8. The van der Waals surface area contributed by atoms with Crippen molar-refractivity contribution in [1.29, 1.82) is 0 Å². The molecule has 0 fully saturated rings. The number of carboxylic acids is 1. The second-order valence-corrected chi connectivity index (χ2v) is 4.19. The maximum absolute atomic E-state index is 11.1. The molecule has 1 aromatic rings. The summed E-state index contributed by atoms with van der Waals surface area (Å²) in [4.78, 5) is 11.1. The molecule has 0 amide bonds. The van der Waals surface area contributed by atoms with Gasteiger partial charge in [0.15, 0.2) is 6.10 Å². The van der Waals surface area contributed by atoms with Crippen LogP contribution in [0.5, 0.6) is 5.75 Å². The average Bonchev–Trinajstić information content (AvgIpc) is 2.36. The molecule has 1 atom stereocenters. The van der Waals surface area contributed by atoms with Crippen LogP contribution in [-0.4, -0.2) is 17.2 Å². The number of aliphatic carboxylic acids is 1. The Balaban J connectivity index is 2.79. The number of carbonyl (C=O) groups is 1. The highest BCUT2D eigenvalue weighted by Crippen LogP contribution is 2.21. The number of carboxylic acid groups (broad SMARTS) is 1. The third kappa shape index (κ3) is 4.24. The van der Waals surface area contributed by atoms with Gasteiger partial charge in [-0.2, -0.15) is 0 Å². The Kier molecular flexibility index (Phi) is 5.98. The Morgan fingerprint density at radius 2 is 2.22 bits per heavy atom. The number of benzene rings is 1. The van der Waals surface area contributed by atoms with Crippen molar-refractivity contribution in [2.75, 3.05) is 0 Å². The molecular formula is C15H20O3. The van der Waals surface area contributed by atoms with Crippen molar-refractivity contribution in [1.82, 2.24) is 0 Å². The molecule has 3 heteroatoms. The second kappa shape index (κ2) is 7.54. The number of unbranched alkanes of at least 4 members (excludes halogenated alkanes) is 1. The number of allylic oxidation sites excluding steroid dienone is 1. The van der Waals surface area contributed by atoms with Gasteiger partial charge in [-0.05, 0) is 30.9 Å². The summed E-state index contributed by atoms with van der Waals surface area (Å²) < 4.78 is 5.61. The maximum Gasteiger partial charge on any atom is 0.344 e. The van der Waals surface area contributed by atoms with E-state index < -0.39 is 12.1 Å². The van der Waals surface area contributed by atoms with Crippen molar-refractivity contribution in [3.63, 3.8) is 0 Å². The SMILES string of the molecule is C=CCc1ccccc1OC(CCCC)C(=O)O. The van der Waals surface area contributed by atoms with Crippen molar-refractivity contribution in [3.05, 3.63) is 42.5 Å². The van der Waals surface area contributed by atoms with Gasteiger partial charge in [0, 0.05) is 0 Å². The maximum atomic E-state index is 11.1. The van der Waals surface area contributed by atoms with Gasteiger partial charge >= 0.3 is 5.97 Å². The third-order valence-corrected chi connectivity index (χ3v) is 2.70. The van der Waals surface area contributed by atoms with E-state index in [9.17, 15) is 4.79 Å². The second-order valence-electron chi connectivity index (χ2n) is 4.19. The smallest absolute Gasteiger partial charge is 0.344 e. The summed E-state index contributed by atoms with van der Waals surface area (Å²) in [5, 5.41) is 9.14. The number of hydrogen-bond acceptors (Lipinski definition) is 2. The molecule has 1 N–H and O–H groups in total. The Bertz CT molecular complexity index is 398. The average molecular weight is 248 g/mol. The molecule has 0 radical (unpaired) electrons. The van der Waals surface area contributed by atoms with Crippen LogP contribution < -0.4 is 4.74 Å². The summed E-state index contributed by atoms with van der Waals surface area (Å²) in [6.45, 7) is 5.72. The quantitative estimate of drug-likeness (QED) is 0.717. The molecule has 0 spiro atoms. The highest BCUT2D eigenvalue weighted by Gasteiger charge is 2.19. The van der Waals surface area contributed by atoms with Gasteiger partial charge in [0.1, 0.15) is 5.75 Å². The van der Waals surface area contributed by atoms with Crippen LogP contribution >= 0.6 is 0 Å². The first kappa shape index (κ1) is 14.3. The largest absolute Gasteiger partial charge is 0.479 e. The van der Waals surface area contributed by atoms with E-state index in [1.54, 1.807) is 12.1 Å². The van der Waals surface area contributed by atoms with E-state index in [4.69, 9.17) is 9.84 Å². The van der Waals surface area contributed by atoms with E-state index in [0.717, 1.165) is 18.4 Å². The molecule has 98 valence electrons. The molecule has 18 heavy (non-hydrogen) atoms. The first-order valence-electron chi connectivity index (χ1n) is 6.27. The highest BCUT2D eigenvalue weighted by molar-refractivity contribution is 5.72. The summed E-state index contributed by atoms with van der Waals surface area (Å²) in [5.74, 6) is -0.266. The molecule has 0 saturated carbocycles. The summed E-state index contributed by atoms with van der Waals surface area (Å²) in [5.41, 5.74) is 0.968. The zero-order valence-electron chi connectivity index (χ0n) is 10.8. The van der Waals surface area contributed by atoms with Crippen LogP contribution in [0.2, 0.25) is 0 Å². The van der Waals surface area contributed by atoms with Crippen molar-refractivity contribution in [2.45, 2.75) is 38.7 Å². The van der Waals surface area contributed by atoms with Crippen molar-refractivity contribution >= 4 is 5.97 Å². The van der Waals surface area contributed by atoms with Gasteiger partial charge in [-0.15, -0.1) is 6.58 Å². The summed E-state index contributed by atoms with van der Waals surface area (Å²) in [6.07, 6.45) is 4.03. The lowest BCUT2D eigenvalue weighted by Crippen LogP contribution is -2.27. The van der Waals surface area contributed by atoms with Gasteiger partial charge in [0.05, 0.1) is 0 Å². The lowest BCUT2D eigenvalue weighted by Gasteiger charge is -2.17. The van der Waals surface area contributed by atoms with Crippen LogP contribution in [0.15, 0.2) is 36.9 Å². The molecule has 0 aliphatic heterocycles. The molecule has 1 unspecified atom stereocenters. The zero-order chi connectivity index (χ0) is 13.4. The van der Waals surface area contributed by atoms with Crippen LogP contribution in [0.1, 0.15) is 31.7 Å². The van der Waals surface area contributed by atoms with Gasteiger partial charge in [0.25, 0.3) is 0 Å². The highest BCUT2D eigenvalue weighted by atomic mass is 16.5. The number of para-hydroxylation sites is 1. The van der Waals surface area contributed by atoms with E-state index in [0.29, 0.717) is 18.6 Å². The molecule has 1 aromatic carbocycles. The number of hydrogen-bond donors (Lipinski definition) is 1. The first-order valence-corrected chi connectivity index (χ1v) is 6.27. The van der Waals surface area contributed by atoms with Crippen molar-refractivity contribution in [3.8, 4) is 5.75 Å². The van der Waals surface area contributed by atoms with Crippen LogP contribution in [0.3, 0.4) is 0 Å². The molecule has 0 aliphatic rings. The van der Waals surface area contributed by atoms with Crippen LogP contribution in [0, 0.1) is 0 Å². The minimum absolute atomic E-state index is 0.536. The standard InChI is InChI=1S/C15H20O3/c1-3-5-10-14(15(16)17)18-13-11-7-6-9-12(13)8-4-2/h4,6-7,9,11,14H,2-3,5,8,10H2,1H3,(H,16,17). The van der Waals surface area contributed by atoms with E-state index >= 15 is 0 Å². The molecule has 3 nitrogen and oxygen atoms in total. The number of rotatable bonds is 8. The molecule has 0 saturated heterocycles. The van der Waals surface area contributed by atoms with Crippen LogP contribution in [-0.2, 0) is 11.2 Å². The molecule has 0 aliphatic carbocycles. The Morgan fingerprint density at radius 3 is 2.83 bits per heavy atom. The topological polar surface area (TPSA) is 46.5 Å². The lowest BCUT2D eigenvalue weighted by molar-refractivity contribution is -0.145. The van der Waals surface area contributed by atoms with E-state index in [1.807, 2.05) is 25.1 Å². The Labute approximate surface area is 108 Å². The third-order valence-electron chi connectivity index (χ3n) is 2.70. The van der Waals surface area contributed by atoms with Gasteiger partial charge in [-0.25, -0.2) is 4.79 Å². The monoisotopic (exact) mass is 248 g/mol. The predicted molar refractivity (Wildman–Crippen MR) is 71.9 cm³/mol. The summed E-state index contributed by atoms with van der Waals surface area (Å²) in [7, 11) is 0. The molecule has 0 heterocycles. The fourth-order valence-corrected chi connectivity index (χ4v) is 1.72. The minimum Gasteiger partial charge on any atom is -0.479 e. The van der Waals surface area contributed by atoms with E-state index in [-0.39, 0.29) is 0 Å². The van der Waals surface area contributed by atoms with E-state index in [2.05, 4.69) is 6.58 Å². The summed E-state index contributed by atoms with van der Waals surface area (Å²) >= 11 is 0. The first-order chi connectivity index (χ1) is 8.69. The van der Waals surface area contributed by atoms with Crippen molar-refractivity contribution < 1.29 is 14.6 Å². The molecule has 0 bridgehead atoms. The van der Waals surface area contributed by atoms with Gasteiger partial charge in [-0.1, -0.05) is 37.6 Å². The van der Waals surface area contributed by atoms with Crippen LogP contribution in [0.25, 0.3) is 0 Å². The number of ether oxygens (including phenoxy) is 1. The Morgan fingerprint density at radius 1 is 1.50 bits per heavy atom. The lowest BCUT2D eigenvalue weighted by atomic mass is 10.1. The summed E-state index contributed by atoms with van der Waals surface area (Å²) in [6, 6.07) is 7.49. The molecular weight excluding hydrogens is 228 g/mol. The van der Waals surface area contributed by atoms with Crippen molar-refractivity contribution in [2.24, 2.45) is 0 Å². The van der Waals surface area contributed by atoms with E-state index in [1.165, 1.54) is 0 Å².